The second-order valence-corrected chi connectivity index (χ2v) is 5.12. The summed E-state index contributed by atoms with van der Waals surface area (Å²) < 4.78 is 10.3. The predicted molar refractivity (Wildman–Crippen MR) is 73.0 cm³/mol. The van der Waals surface area contributed by atoms with Crippen molar-refractivity contribution < 1.29 is 19.1 Å². The van der Waals surface area contributed by atoms with Crippen LogP contribution in [0, 0.1) is 6.92 Å². The SMILES string of the molecule is COc1ccc(C)c(C=O)c1NC(=O)OC(C)(C)C. The average molecular weight is 265 g/mol. The molecule has 0 aromatic heterocycles. The normalized spacial score (nSPS) is 10.8. The van der Waals surface area contributed by atoms with Crippen LogP contribution >= 0.6 is 0 Å². The summed E-state index contributed by atoms with van der Waals surface area (Å²) in [6.45, 7) is 7.07. The zero-order chi connectivity index (χ0) is 14.6. The van der Waals surface area contributed by atoms with Crippen molar-refractivity contribution >= 4 is 18.1 Å². The van der Waals surface area contributed by atoms with Crippen LogP contribution in [0.3, 0.4) is 0 Å². The first-order valence-electron chi connectivity index (χ1n) is 5.91. The van der Waals surface area contributed by atoms with Crippen molar-refractivity contribution in [2.45, 2.75) is 33.3 Å². The Morgan fingerprint density at radius 3 is 2.42 bits per heavy atom. The maximum Gasteiger partial charge on any atom is 0.412 e. The van der Waals surface area contributed by atoms with Crippen LogP contribution in [0.4, 0.5) is 10.5 Å². The van der Waals surface area contributed by atoms with E-state index in [4.69, 9.17) is 9.47 Å². The first-order chi connectivity index (χ1) is 8.78. The van der Waals surface area contributed by atoms with Crippen molar-refractivity contribution in [3.63, 3.8) is 0 Å². The lowest BCUT2D eigenvalue weighted by atomic mass is 10.1. The van der Waals surface area contributed by atoms with Gasteiger partial charge in [-0.25, -0.2) is 4.79 Å². The van der Waals surface area contributed by atoms with Crippen molar-refractivity contribution in [2.75, 3.05) is 12.4 Å². The number of nitrogens with one attached hydrogen (secondary N) is 1. The number of hydrogen-bond acceptors (Lipinski definition) is 4. The number of carbonyl (C=O) groups is 2. The molecule has 1 rings (SSSR count). The lowest BCUT2D eigenvalue weighted by Gasteiger charge is -2.21. The molecule has 0 aliphatic heterocycles. The van der Waals surface area contributed by atoms with Gasteiger partial charge in [-0.3, -0.25) is 10.1 Å². The van der Waals surface area contributed by atoms with Gasteiger partial charge in [0.1, 0.15) is 11.4 Å². The molecule has 0 heterocycles. The van der Waals surface area contributed by atoms with Crippen LogP contribution in [0.5, 0.6) is 5.75 Å². The van der Waals surface area contributed by atoms with E-state index < -0.39 is 11.7 Å². The van der Waals surface area contributed by atoms with Gasteiger partial charge in [-0.15, -0.1) is 0 Å². The third kappa shape index (κ3) is 3.98. The van der Waals surface area contributed by atoms with Gasteiger partial charge in [0, 0.05) is 5.56 Å². The van der Waals surface area contributed by atoms with Crippen LogP contribution in [0.15, 0.2) is 12.1 Å². The van der Waals surface area contributed by atoms with Gasteiger partial charge in [0.25, 0.3) is 0 Å². The fraction of sp³-hybridized carbons (Fsp3) is 0.429. The fourth-order valence-corrected chi connectivity index (χ4v) is 1.56. The predicted octanol–water partition coefficient (Wildman–Crippen LogP) is 3.16. The molecule has 1 amide bonds. The number of anilines is 1. The first-order valence-corrected chi connectivity index (χ1v) is 5.91. The Morgan fingerprint density at radius 1 is 1.32 bits per heavy atom. The van der Waals surface area contributed by atoms with Crippen LogP contribution in [0.25, 0.3) is 0 Å². The molecule has 0 aliphatic rings. The maximum atomic E-state index is 11.8. The van der Waals surface area contributed by atoms with E-state index in [1.807, 2.05) is 0 Å². The molecule has 0 fully saturated rings. The van der Waals surface area contributed by atoms with E-state index in [1.54, 1.807) is 39.8 Å². The van der Waals surface area contributed by atoms with Gasteiger partial charge in [0.05, 0.1) is 12.8 Å². The third-order valence-electron chi connectivity index (χ3n) is 2.39. The molecule has 5 heteroatoms. The molecular formula is C14H19NO4. The van der Waals surface area contributed by atoms with Gasteiger partial charge < -0.3 is 9.47 Å². The highest BCUT2D eigenvalue weighted by atomic mass is 16.6. The van der Waals surface area contributed by atoms with Crippen molar-refractivity contribution in [1.82, 2.24) is 0 Å². The molecule has 0 unspecified atom stereocenters. The number of methoxy groups -OCH3 is 1. The number of aryl methyl sites for hydroxylation is 1. The van der Waals surface area contributed by atoms with Gasteiger partial charge in [-0.05, 0) is 39.3 Å². The van der Waals surface area contributed by atoms with E-state index in [1.165, 1.54) is 7.11 Å². The molecule has 0 bridgehead atoms. The van der Waals surface area contributed by atoms with E-state index in [0.29, 0.717) is 23.3 Å². The largest absolute Gasteiger partial charge is 0.495 e. The minimum Gasteiger partial charge on any atom is -0.495 e. The van der Waals surface area contributed by atoms with Crippen molar-refractivity contribution in [2.24, 2.45) is 0 Å². The zero-order valence-electron chi connectivity index (χ0n) is 11.9. The molecule has 1 aromatic carbocycles. The summed E-state index contributed by atoms with van der Waals surface area (Å²) >= 11 is 0. The molecule has 0 saturated carbocycles. The van der Waals surface area contributed by atoms with Gasteiger partial charge in [-0.2, -0.15) is 0 Å². The molecule has 0 spiro atoms. The zero-order valence-corrected chi connectivity index (χ0v) is 11.9. The number of hydrogen-bond donors (Lipinski definition) is 1. The summed E-state index contributed by atoms with van der Waals surface area (Å²) in [6.07, 6.45) is 0.0596. The number of ether oxygens (including phenoxy) is 2. The van der Waals surface area contributed by atoms with Gasteiger partial charge in [0.15, 0.2) is 6.29 Å². The monoisotopic (exact) mass is 265 g/mol. The van der Waals surface area contributed by atoms with Gasteiger partial charge >= 0.3 is 6.09 Å². The number of benzene rings is 1. The lowest BCUT2D eigenvalue weighted by molar-refractivity contribution is 0.0635. The fourth-order valence-electron chi connectivity index (χ4n) is 1.56. The van der Waals surface area contributed by atoms with Crippen LogP contribution < -0.4 is 10.1 Å². The summed E-state index contributed by atoms with van der Waals surface area (Å²) in [6, 6.07) is 3.44. The summed E-state index contributed by atoms with van der Waals surface area (Å²) in [5.41, 5.74) is 0.849. The Bertz CT molecular complexity index is 489. The Morgan fingerprint density at radius 2 is 1.95 bits per heavy atom. The number of aldehydes is 1. The second-order valence-electron chi connectivity index (χ2n) is 5.12. The van der Waals surface area contributed by atoms with Crippen LogP contribution in [-0.2, 0) is 4.74 Å². The standard InChI is InChI=1S/C14H19NO4/c1-9-6-7-11(18-5)12(10(9)8-16)15-13(17)19-14(2,3)4/h6-8H,1-5H3,(H,15,17). The maximum absolute atomic E-state index is 11.8. The smallest absolute Gasteiger partial charge is 0.412 e. The molecule has 1 N–H and O–H groups in total. The summed E-state index contributed by atoms with van der Waals surface area (Å²) in [5, 5.41) is 2.56. The molecule has 19 heavy (non-hydrogen) atoms. The van der Waals surface area contributed by atoms with E-state index >= 15 is 0 Å². The Balaban J connectivity index is 3.08. The highest BCUT2D eigenvalue weighted by molar-refractivity contribution is 5.96. The average Bonchev–Trinajstić information content (AvgIpc) is 2.27. The van der Waals surface area contributed by atoms with Crippen LogP contribution in [0.1, 0.15) is 36.7 Å². The van der Waals surface area contributed by atoms with Crippen molar-refractivity contribution in [3.8, 4) is 5.75 Å². The highest BCUT2D eigenvalue weighted by Crippen LogP contribution is 2.30. The molecule has 0 saturated heterocycles. The van der Waals surface area contributed by atoms with E-state index in [-0.39, 0.29) is 0 Å². The third-order valence-corrected chi connectivity index (χ3v) is 2.39. The molecule has 0 radical (unpaired) electrons. The molecule has 0 aliphatic carbocycles. The van der Waals surface area contributed by atoms with Crippen LogP contribution in [0.2, 0.25) is 0 Å². The van der Waals surface area contributed by atoms with Crippen LogP contribution in [-0.4, -0.2) is 25.1 Å². The molecular weight excluding hydrogens is 246 g/mol. The van der Waals surface area contributed by atoms with E-state index in [2.05, 4.69) is 5.32 Å². The van der Waals surface area contributed by atoms with Gasteiger partial charge in [0.2, 0.25) is 0 Å². The summed E-state index contributed by atoms with van der Waals surface area (Å²) in [7, 11) is 1.47. The molecule has 104 valence electrons. The number of amides is 1. The van der Waals surface area contributed by atoms with Gasteiger partial charge in [-0.1, -0.05) is 6.07 Å². The van der Waals surface area contributed by atoms with Crippen molar-refractivity contribution in [1.29, 1.82) is 0 Å². The summed E-state index contributed by atoms with van der Waals surface area (Å²) in [4.78, 5) is 22.9. The minimum atomic E-state index is -0.625. The first kappa shape index (κ1) is 15.0. The topological polar surface area (TPSA) is 64.6 Å². The molecule has 5 nitrogen and oxygen atoms in total. The Kier molecular flexibility index (Phi) is 4.53. The number of carbonyl (C=O) groups excluding carboxylic acids is 2. The lowest BCUT2D eigenvalue weighted by Crippen LogP contribution is -2.27. The quantitative estimate of drug-likeness (QED) is 0.852. The minimum absolute atomic E-state index is 0.326. The second kappa shape index (κ2) is 5.73. The van der Waals surface area contributed by atoms with E-state index in [0.717, 1.165) is 5.56 Å². The van der Waals surface area contributed by atoms with E-state index in [9.17, 15) is 9.59 Å². The molecule has 1 aromatic rings. The Labute approximate surface area is 112 Å². The van der Waals surface area contributed by atoms with Crippen molar-refractivity contribution in [3.05, 3.63) is 23.3 Å². The highest BCUT2D eigenvalue weighted by Gasteiger charge is 2.19. The summed E-state index contributed by atoms with van der Waals surface area (Å²) in [5.74, 6) is 0.415. The number of rotatable bonds is 3. The molecule has 0 atom stereocenters. The Hall–Kier alpha value is -2.04.